The Morgan fingerprint density at radius 2 is 1.82 bits per heavy atom. The van der Waals surface area contributed by atoms with Gasteiger partial charge in [0, 0.05) is 54.7 Å². The van der Waals surface area contributed by atoms with Crippen molar-refractivity contribution in [1.29, 1.82) is 0 Å². The number of aromatic nitrogens is 1. The average molecular weight is 460 g/mol. The van der Waals surface area contributed by atoms with Gasteiger partial charge in [-0.2, -0.15) is 0 Å². The Morgan fingerprint density at radius 1 is 1.09 bits per heavy atom. The second-order valence-electron chi connectivity index (χ2n) is 8.31. The molecule has 0 spiro atoms. The van der Waals surface area contributed by atoms with Gasteiger partial charge in [0.25, 0.3) is 5.69 Å². The summed E-state index contributed by atoms with van der Waals surface area (Å²) in [5.74, 6) is -0.871. The predicted octanol–water partition coefficient (Wildman–Crippen LogP) is 5.79. The molecule has 4 rings (SSSR count). The number of fused-ring (bicyclic) bond motifs is 1. The zero-order valence-electron chi connectivity index (χ0n) is 18.9. The number of halogens is 1. The molecule has 7 heteroatoms. The number of rotatable bonds is 9. The van der Waals surface area contributed by atoms with E-state index in [1.807, 2.05) is 48.0 Å². The van der Waals surface area contributed by atoms with Crippen LogP contribution in [0.5, 0.6) is 0 Å². The molecule has 3 aromatic carbocycles. The van der Waals surface area contributed by atoms with Gasteiger partial charge in [-0.15, -0.1) is 0 Å². The van der Waals surface area contributed by atoms with Crippen LogP contribution in [0.1, 0.15) is 42.4 Å². The van der Waals surface area contributed by atoms with E-state index in [-0.39, 0.29) is 29.8 Å². The van der Waals surface area contributed by atoms with Gasteiger partial charge in [0.15, 0.2) is 0 Å². The van der Waals surface area contributed by atoms with E-state index in [0.717, 1.165) is 28.6 Å². The molecule has 0 bridgehead atoms. The molecule has 0 fully saturated rings. The van der Waals surface area contributed by atoms with E-state index in [0.29, 0.717) is 18.5 Å². The molecular weight excluding hydrogens is 433 g/mol. The topological polar surface area (TPSA) is 77.2 Å². The molecule has 1 atom stereocenters. The highest BCUT2D eigenvalue weighted by molar-refractivity contribution is 5.88. The fourth-order valence-electron chi connectivity index (χ4n) is 4.24. The van der Waals surface area contributed by atoms with Crippen LogP contribution < -0.4 is 5.32 Å². The molecular formula is C27H26FN3O3. The van der Waals surface area contributed by atoms with Crippen LogP contribution in [0.3, 0.4) is 0 Å². The van der Waals surface area contributed by atoms with Crippen LogP contribution in [0.2, 0.25) is 0 Å². The number of nitrogens with zero attached hydrogens (tertiary/aromatic N) is 2. The Labute approximate surface area is 197 Å². The summed E-state index contributed by atoms with van der Waals surface area (Å²) in [7, 11) is 0. The van der Waals surface area contributed by atoms with E-state index in [1.54, 1.807) is 24.3 Å². The summed E-state index contributed by atoms with van der Waals surface area (Å²) in [5.41, 5.74) is 3.49. The number of hydrogen-bond acceptors (Lipinski definition) is 3. The van der Waals surface area contributed by atoms with E-state index < -0.39 is 4.92 Å². The number of nitro benzene ring substituents is 1. The molecule has 1 N–H and O–H groups in total. The van der Waals surface area contributed by atoms with Crippen LogP contribution in [0.25, 0.3) is 10.9 Å². The first-order chi connectivity index (χ1) is 16.5. The van der Waals surface area contributed by atoms with Crippen LogP contribution in [0, 0.1) is 15.9 Å². The number of nitro groups is 1. The fourth-order valence-corrected chi connectivity index (χ4v) is 4.24. The summed E-state index contributed by atoms with van der Waals surface area (Å²) in [6, 6.07) is 20.8. The summed E-state index contributed by atoms with van der Waals surface area (Å²) in [6.07, 6.45) is 2.93. The number of amides is 1. The van der Waals surface area contributed by atoms with E-state index in [4.69, 9.17) is 0 Å². The lowest BCUT2D eigenvalue weighted by Gasteiger charge is -2.17. The summed E-state index contributed by atoms with van der Waals surface area (Å²) in [5, 5.41) is 15.1. The summed E-state index contributed by atoms with van der Waals surface area (Å²) >= 11 is 0. The van der Waals surface area contributed by atoms with E-state index in [2.05, 4.69) is 5.32 Å². The van der Waals surface area contributed by atoms with Gasteiger partial charge < -0.3 is 9.88 Å². The Hall–Kier alpha value is -4.00. The first-order valence-electron chi connectivity index (χ1n) is 11.3. The maximum atomic E-state index is 13.7. The summed E-state index contributed by atoms with van der Waals surface area (Å²) in [6.45, 7) is 3.12. The van der Waals surface area contributed by atoms with Crippen LogP contribution in [0.4, 0.5) is 10.1 Å². The minimum Gasteiger partial charge on any atom is -0.356 e. The van der Waals surface area contributed by atoms with Crippen molar-refractivity contribution in [3.8, 4) is 0 Å². The maximum absolute atomic E-state index is 13.7. The van der Waals surface area contributed by atoms with Gasteiger partial charge in [-0.1, -0.05) is 49.4 Å². The fraction of sp³-hybridized carbons (Fsp3) is 0.222. The highest BCUT2D eigenvalue weighted by atomic mass is 19.1. The molecule has 1 heterocycles. The van der Waals surface area contributed by atoms with Crippen molar-refractivity contribution in [1.82, 2.24) is 9.88 Å². The van der Waals surface area contributed by atoms with Gasteiger partial charge in [-0.05, 0) is 41.3 Å². The van der Waals surface area contributed by atoms with Gasteiger partial charge in [0.2, 0.25) is 5.91 Å². The molecule has 0 aliphatic rings. The van der Waals surface area contributed by atoms with Crippen molar-refractivity contribution in [2.45, 2.75) is 32.2 Å². The Bertz CT molecular complexity index is 1300. The van der Waals surface area contributed by atoms with E-state index in [9.17, 15) is 19.3 Å². The van der Waals surface area contributed by atoms with Crippen LogP contribution in [0.15, 0.2) is 79.0 Å². The second-order valence-corrected chi connectivity index (χ2v) is 8.31. The maximum Gasteiger partial charge on any atom is 0.270 e. The molecule has 174 valence electrons. The van der Waals surface area contributed by atoms with Crippen molar-refractivity contribution in [3.05, 3.63) is 112 Å². The Morgan fingerprint density at radius 3 is 2.50 bits per heavy atom. The molecule has 0 saturated heterocycles. The first kappa shape index (κ1) is 23.2. The first-order valence-corrected chi connectivity index (χ1v) is 11.3. The van der Waals surface area contributed by atoms with E-state index in [1.165, 1.54) is 18.2 Å². The minimum atomic E-state index is -0.418. The largest absolute Gasteiger partial charge is 0.356 e. The minimum absolute atomic E-state index is 0.0144. The molecule has 6 nitrogen and oxygen atoms in total. The molecule has 4 aromatic rings. The number of non-ortho nitro benzene ring substituents is 1. The zero-order valence-corrected chi connectivity index (χ0v) is 18.9. The number of carbonyl (C=O) groups excluding carboxylic acids is 1. The van der Waals surface area contributed by atoms with Crippen molar-refractivity contribution in [2.24, 2.45) is 0 Å². The third-order valence-electron chi connectivity index (χ3n) is 5.91. The van der Waals surface area contributed by atoms with Crippen molar-refractivity contribution in [2.75, 3.05) is 6.54 Å². The average Bonchev–Trinajstić information content (AvgIpc) is 3.19. The molecule has 0 aliphatic heterocycles. The predicted molar refractivity (Wildman–Crippen MR) is 130 cm³/mol. The Kier molecular flexibility index (Phi) is 7.01. The van der Waals surface area contributed by atoms with Crippen molar-refractivity contribution >= 4 is 22.5 Å². The molecule has 34 heavy (non-hydrogen) atoms. The van der Waals surface area contributed by atoms with Gasteiger partial charge in [-0.25, -0.2) is 4.39 Å². The molecule has 0 saturated carbocycles. The van der Waals surface area contributed by atoms with Crippen LogP contribution in [-0.4, -0.2) is 21.9 Å². The number of benzene rings is 3. The Balaban J connectivity index is 1.85. The van der Waals surface area contributed by atoms with Crippen LogP contribution >= 0.6 is 0 Å². The highest BCUT2D eigenvalue weighted by Gasteiger charge is 2.24. The third kappa shape index (κ3) is 5.14. The van der Waals surface area contributed by atoms with Gasteiger partial charge in [0.1, 0.15) is 5.82 Å². The molecule has 0 radical (unpaired) electrons. The van der Waals surface area contributed by atoms with E-state index >= 15 is 0 Å². The quantitative estimate of drug-likeness (QED) is 0.254. The summed E-state index contributed by atoms with van der Waals surface area (Å²) in [4.78, 5) is 23.8. The highest BCUT2D eigenvalue weighted by Crippen LogP contribution is 2.36. The third-order valence-corrected chi connectivity index (χ3v) is 5.91. The van der Waals surface area contributed by atoms with Gasteiger partial charge in [-0.3, -0.25) is 14.9 Å². The smallest absolute Gasteiger partial charge is 0.270 e. The lowest BCUT2D eigenvalue weighted by molar-refractivity contribution is -0.384. The van der Waals surface area contributed by atoms with Crippen molar-refractivity contribution < 1.29 is 14.1 Å². The number of hydrogen-bond donors (Lipinski definition) is 1. The standard InChI is InChI=1S/C27H26FN3O3/c1-2-14-29-27(32)16-23(20-8-10-21(28)11-9-20)25-18-30(17-19-6-4-3-5-7-19)26-13-12-22(31(33)34)15-24(25)26/h3-13,15,18,23H,2,14,16-17H2,1H3,(H,29,32). The zero-order chi connectivity index (χ0) is 24.1. The molecule has 0 aliphatic carbocycles. The summed E-state index contributed by atoms with van der Waals surface area (Å²) < 4.78 is 15.7. The molecule has 1 amide bonds. The lowest BCUT2D eigenvalue weighted by atomic mass is 9.88. The number of nitrogens with one attached hydrogen (secondary N) is 1. The van der Waals surface area contributed by atoms with Crippen LogP contribution in [-0.2, 0) is 11.3 Å². The second kappa shape index (κ2) is 10.3. The SMILES string of the molecule is CCCNC(=O)CC(c1ccc(F)cc1)c1cn(Cc2ccccc2)c2ccc([N+](=O)[O-])cc12. The monoisotopic (exact) mass is 459 g/mol. The molecule has 1 unspecified atom stereocenters. The van der Waals surface area contributed by atoms with Gasteiger partial charge in [0.05, 0.1) is 4.92 Å². The normalized spacial score (nSPS) is 11.9. The lowest BCUT2D eigenvalue weighted by Crippen LogP contribution is -2.26. The van der Waals surface area contributed by atoms with Crippen molar-refractivity contribution in [3.63, 3.8) is 0 Å². The van der Waals surface area contributed by atoms with Gasteiger partial charge >= 0.3 is 0 Å². The number of carbonyl (C=O) groups is 1. The molecule has 1 aromatic heterocycles.